The van der Waals surface area contributed by atoms with Gasteiger partial charge in [-0.25, -0.2) is 4.98 Å². The number of carbonyl (C=O) groups is 1. The number of rotatable bonds is 4. The third-order valence-corrected chi connectivity index (χ3v) is 3.19. The molecule has 0 spiro atoms. The predicted octanol–water partition coefficient (Wildman–Crippen LogP) is 0.847. The number of pyridine rings is 1. The van der Waals surface area contributed by atoms with Crippen LogP contribution in [-0.2, 0) is 4.79 Å². The van der Waals surface area contributed by atoms with E-state index < -0.39 is 0 Å². The van der Waals surface area contributed by atoms with Crippen LogP contribution >= 0.6 is 0 Å². The van der Waals surface area contributed by atoms with Gasteiger partial charge in [0.2, 0.25) is 11.8 Å². The molecule has 1 fully saturated rings. The van der Waals surface area contributed by atoms with Gasteiger partial charge in [0.15, 0.2) is 0 Å². The maximum atomic E-state index is 12.2. The summed E-state index contributed by atoms with van der Waals surface area (Å²) in [5.41, 5.74) is 1.49. The second kappa shape index (κ2) is 5.88. The van der Waals surface area contributed by atoms with Crippen LogP contribution in [0, 0.1) is 0 Å². The van der Waals surface area contributed by atoms with Crippen molar-refractivity contribution in [3.63, 3.8) is 0 Å². The first-order valence-corrected chi connectivity index (χ1v) is 6.38. The molecule has 1 amide bonds. The standard InChI is InChI=1S/C13H20N4O2/c1-17(2)10-6-8-15-13(19-3)11(10)16-12(18)9-5-4-7-14-9/h6,8-9,14H,4-5,7H2,1-3H3,(H,16,18)/t9-/m0/s1. The molecule has 1 atom stereocenters. The van der Waals surface area contributed by atoms with Crippen molar-refractivity contribution in [1.82, 2.24) is 10.3 Å². The molecule has 1 saturated heterocycles. The first-order chi connectivity index (χ1) is 9.13. The van der Waals surface area contributed by atoms with Crippen LogP contribution in [0.4, 0.5) is 11.4 Å². The van der Waals surface area contributed by atoms with E-state index in [2.05, 4.69) is 15.6 Å². The summed E-state index contributed by atoms with van der Waals surface area (Å²) in [7, 11) is 5.38. The summed E-state index contributed by atoms with van der Waals surface area (Å²) >= 11 is 0. The molecule has 1 aromatic heterocycles. The number of nitrogens with zero attached hydrogens (tertiary/aromatic N) is 2. The lowest BCUT2D eigenvalue weighted by molar-refractivity contribution is -0.117. The van der Waals surface area contributed by atoms with E-state index in [1.807, 2.05) is 25.1 Å². The Bertz CT molecular complexity index is 456. The number of hydrogen-bond donors (Lipinski definition) is 2. The zero-order valence-electron chi connectivity index (χ0n) is 11.6. The summed E-state index contributed by atoms with van der Waals surface area (Å²) in [4.78, 5) is 18.2. The molecule has 0 aromatic carbocycles. The molecule has 2 rings (SSSR count). The van der Waals surface area contributed by atoms with Crippen LogP contribution in [0.2, 0.25) is 0 Å². The van der Waals surface area contributed by atoms with Crippen molar-refractivity contribution in [2.75, 3.05) is 38.0 Å². The molecule has 0 radical (unpaired) electrons. The van der Waals surface area contributed by atoms with E-state index in [0.717, 1.165) is 25.1 Å². The predicted molar refractivity (Wildman–Crippen MR) is 74.8 cm³/mol. The molecule has 0 unspecified atom stereocenters. The Morgan fingerprint density at radius 2 is 2.37 bits per heavy atom. The van der Waals surface area contributed by atoms with E-state index in [1.54, 1.807) is 13.3 Å². The van der Waals surface area contributed by atoms with Gasteiger partial charge in [0, 0.05) is 20.3 Å². The summed E-state index contributed by atoms with van der Waals surface area (Å²) in [6.07, 6.45) is 3.56. The topological polar surface area (TPSA) is 66.5 Å². The Kier molecular flexibility index (Phi) is 4.21. The van der Waals surface area contributed by atoms with E-state index in [4.69, 9.17) is 4.74 Å². The molecule has 1 aromatic rings. The normalized spacial score (nSPS) is 18.2. The summed E-state index contributed by atoms with van der Waals surface area (Å²) in [6, 6.07) is 1.72. The quantitative estimate of drug-likeness (QED) is 0.844. The number of aromatic nitrogens is 1. The fourth-order valence-electron chi connectivity index (χ4n) is 2.20. The number of ether oxygens (including phenoxy) is 1. The Balaban J connectivity index is 2.24. The Hall–Kier alpha value is -1.82. The molecular weight excluding hydrogens is 244 g/mol. The Morgan fingerprint density at radius 3 is 2.95 bits per heavy atom. The minimum atomic E-state index is -0.125. The minimum Gasteiger partial charge on any atom is -0.479 e. The zero-order chi connectivity index (χ0) is 13.8. The molecular formula is C13H20N4O2. The lowest BCUT2D eigenvalue weighted by atomic mass is 10.2. The molecule has 6 nitrogen and oxygen atoms in total. The second-order valence-corrected chi connectivity index (χ2v) is 4.75. The maximum absolute atomic E-state index is 12.2. The molecule has 0 saturated carbocycles. The number of methoxy groups -OCH3 is 1. The monoisotopic (exact) mass is 264 g/mol. The van der Waals surface area contributed by atoms with Crippen molar-refractivity contribution in [1.29, 1.82) is 0 Å². The molecule has 0 bridgehead atoms. The number of carbonyl (C=O) groups excluding carboxylic acids is 1. The highest BCUT2D eigenvalue weighted by atomic mass is 16.5. The zero-order valence-corrected chi connectivity index (χ0v) is 11.6. The average molecular weight is 264 g/mol. The van der Waals surface area contributed by atoms with Crippen molar-refractivity contribution in [2.45, 2.75) is 18.9 Å². The van der Waals surface area contributed by atoms with E-state index >= 15 is 0 Å². The van der Waals surface area contributed by atoms with Gasteiger partial charge in [-0.2, -0.15) is 0 Å². The van der Waals surface area contributed by atoms with Crippen LogP contribution in [0.1, 0.15) is 12.8 Å². The van der Waals surface area contributed by atoms with E-state index in [0.29, 0.717) is 11.6 Å². The molecule has 0 aliphatic carbocycles. The SMILES string of the molecule is COc1nccc(N(C)C)c1NC(=O)[C@@H]1CCCN1. The smallest absolute Gasteiger partial charge is 0.241 e. The van der Waals surface area contributed by atoms with E-state index in [9.17, 15) is 4.79 Å². The summed E-state index contributed by atoms with van der Waals surface area (Å²) in [5, 5.41) is 6.10. The van der Waals surface area contributed by atoms with Gasteiger partial charge in [-0.3, -0.25) is 4.79 Å². The van der Waals surface area contributed by atoms with Crippen molar-refractivity contribution >= 4 is 17.3 Å². The van der Waals surface area contributed by atoms with Gasteiger partial charge in [0.25, 0.3) is 0 Å². The van der Waals surface area contributed by atoms with Gasteiger partial charge >= 0.3 is 0 Å². The van der Waals surface area contributed by atoms with Crippen LogP contribution in [0.5, 0.6) is 5.88 Å². The van der Waals surface area contributed by atoms with Crippen LogP contribution in [0.25, 0.3) is 0 Å². The van der Waals surface area contributed by atoms with Gasteiger partial charge < -0.3 is 20.3 Å². The molecule has 6 heteroatoms. The van der Waals surface area contributed by atoms with Crippen LogP contribution < -0.4 is 20.3 Å². The minimum absolute atomic E-state index is 0.0353. The van der Waals surface area contributed by atoms with Gasteiger partial charge in [0.1, 0.15) is 5.69 Å². The van der Waals surface area contributed by atoms with Gasteiger partial charge in [-0.1, -0.05) is 0 Å². The lowest BCUT2D eigenvalue weighted by Crippen LogP contribution is -2.36. The number of amides is 1. The molecule has 1 aliphatic rings. The molecule has 1 aliphatic heterocycles. The van der Waals surface area contributed by atoms with Gasteiger partial charge in [-0.05, 0) is 25.5 Å². The average Bonchev–Trinajstić information content (AvgIpc) is 2.92. The summed E-state index contributed by atoms with van der Waals surface area (Å²) in [6.45, 7) is 0.892. The highest BCUT2D eigenvalue weighted by Gasteiger charge is 2.24. The number of hydrogen-bond acceptors (Lipinski definition) is 5. The fraction of sp³-hybridized carbons (Fsp3) is 0.538. The van der Waals surface area contributed by atoms with Crippen molar-refractivity contribution < 1.29 is 9.53 Å². The lowest BCUT2D eigenvalue weighted by Gasteiger charge is -2.20. The molecule has 2 N–H and O–H groups in total. The first kappa shape index (κ1) is 13.6. The van der Waals surface area contributed by atoms with Crippen LogP contribution in [-0.4, -0.2) is 44.7 Å². The third kappa shape index (κ3) is 2.96. The Labute approximate surface area is 113 Å². The van der Waals surface area contributed by atoms with Gasteiger partial charge in [0.05, 0.1) is 18.8 Å². The molecule has 104 valence electrons. The van der Waals surface area contributed by atoms with Crippen LogP contribution in [0.3, 0.4) is 0 Å². The number of nitrogens with one attached hydrogen (secondary N) is 2. The Morgan fingerprint density at radius 1 is 1.58 bits per heavy atom. The molecule has 19 heavy (non-hydrogen) atoms. The highest BCUT2D eigenvalue weighted by molar-refractivity contribution is 5.99. The van der Waals surface area contributed by atoms with Crippen LogP contribution in [0.15, 0.2) is 12.3 Å². The summed E-state index contributed by atoms with van der Waals surface area (Å²) < 4.78 is 5.23. The summed E-state index contributed by atoms with van der Waals surface area (Å²) in [5.74, 6) is 0.393. The van der Waals surface area contributed by atoms with Crippen molar-refractivity contribution in [3.05, 3.63) is 12.3 Å². The van der Waals surface area contributed by atoms with Gasteiger partial charge in [-0.15, -0.1) is 0 Å². The fourth-order valence-corrected chi connectivity index (χ4v) is 2.20. The van der Waals surface area contributed by atoms with E-state index in [1.165, 1.54) is 0 Å². The third-order valence-electron chi connectivity index (χ3n) is 3.19. The maximum Gasteiger partial charge on any atom is 0.241 e. The number of anilines is 2. The van der Waals surface area contributed by atoms with E-state index in [-0.39, 0.29) is 11.9 Å². The van der Waals surface area contributed by atoms with Crippen molar-refractivity contribution in [3.8, 4) is 5.88 Å². The molecule has 2 heterocycles. The van der Waals surface area contributed by atoms with Crippen molar-refractivity contribution in [2.24, 2.45) is 0 Å². The highest BCUT2D eigenvalue weighted by Crippen LogP contribution is 2.32. The second-order valence-electron chi connectivity index (χ2n) is 4.75. The largest absolute Gasteiger partial charge is 0.479 e. The first-order valence-electron chi connectivity index (χ1n) is 6.38.